The van der Waals surface area contributed by atoms with Gasteiger partial charge in [0.25, 0.3) is 0 Å². The molecule has 0 heterocycles. The molecule has 0 amide bonds. The molecule has 0 spiro atoms. The summed E-state index contributed by atoms with van der Waals surface area (Å²) in [5.41, 5.74) is 0.769. The van der Waals surface area contributed by atoms with E-state index in [0.717, 1.165) is 5.56 Å². The number of methoxy groups -OCH3 is 1. The van der Waals surface area contributed by atoms with Crippen LogP contribution in [0.3, 0.4) is 0 Å². The van der Waals surface area contributed by atoms with Gasteiger partial charge < -0.3 is 14.6 Å². The first-order valence-electron chi connectivity index (χ1n) is 6.67. The van der Waals surface area contributed by atoms with Gasteiger partial charge in [-0.2, -0.15) is 5.26 Å². The zero-order valence-electron chi connectivity index (χ0n) is 12.2. The van der Waals surface area contributed by atoms with E-state index in [1.165, 1.54) is 0 Å². The molecule has 0 aliphatic rings. The van der Waals surface area contributed by atoms with Gasteiger partial charge in [-0.05, 0) is 31.5 Å². The van der Waals surface area contributed by atoms with Crippen LogP contribution in [0.1, 0.15) is 25.8 Å². The Balaban J connectivity index is 2.55. The molecule has 0 fully saturated rings. The van der Waals surface area contributed by atoms with Crippen LogP contribution in [0.5, 0.6) is 11.5 Å². The number of nitriles is 1. The van der Waals surface area contributed by atoms with Crippen LogP contribution in [0.15, 0.2) is 18.2 Å². The summed E-state index contributed by atoms with van der Waals surface area (Å²) in [6.45, 7) is 4.39. The number of nitrogens with zero attached hydrogens (tertiary/aromatic N) is 1. The van der Waals surface area contributed by atoms with E-state index in [1.807, 2.05) is 13.8 Å². The molecule has 110 valence electrons. The molecule has 1 atom stereocenters. The molecule has 0 aliphatic heterocycles. The third-order valence-electron chi connectivity index (χ3n) is 2.77. The second kappa shape index (κ2) is 8.41. The first-order valence-corrected chi connectivity index (χ1v) is 6.67. The minimum absolute atomic E-state index is 0.0363. The SMILES string of the molecule is COc1cc(CO)ccc1OCCC(C#N)NC(C)C. The van der Waals surface area contributed by atoms with Gasteiger partial charge in [0.15, 0.2) is 11.5 Å². The molecule has 1 aromatic rings. The molecule has 1 rings (SSSR count). The summed E-state index contributed by atoms with van der Waals surface area (Å²) in [5, 5.41) is 21.3. The maximum absolute atomic E-state index is 9.07. The molecule has 5 nitrogen and oxygen atoms in total. The molecule has 1 aromatic carbocycles. The Kier molecular flexibility index (Phi) is 6.85. The number of rotatable bonds is 8. The summed E-state index contributed by atoms with van der Waals surface area (Å²) in [5.74, 6) is 1.20. The number of hydrogen-bond acceptors (Lipinski definition) is 5. The molecule has 2 N–H and O–H groups in total. The van der Waals surface area contributed by atoms with E-state index in [2.05, 4.69) is 11.4 Å². The fraction of sp³-hybridized carbons (Fsp3) is 0.533. The number of hydrogen-bond donors (Lipinski definition) is 2. The molecule has 0 saturated heterocycles. The standard InChI is InChI=1S/C15H22N2O3/c1-11(2)17-13(9-16)6-7-20-14-5-4-12(10-18)8-15(14)19-3/h4-5,8,11,13,17-18H,6-7,10H2,1-3H3. The summed E-state index contributed by atoms with van der Waals surface area (Å²) in [6, 6.07) is 7.54. The van der Waals surface area contributed by atoms with Crippen LogP contribution in [0.2, 0.25) is 0 Å². The molecule has 0 saturated carbocycles. The molecule has 0 radical (unpaired) electrons. The number of aliphatic hydroxyl groups is 1. The van der Waals surface area contributed by atoms with Crippen molar-refractivity contribution in [2.45, 2.75) is 39.0 Å². The molecule has 0 aliphatic carbocycles. The third-order valence-corrected chi connectivity index (χ3v) is 2.77. The highest BCUT2D eigenvalue weighted by Gasteiger charge is 2.10. The molecular weight excluding hydrogens is 256 g/mol. The molecule has 0 bridgehead atoms. The van der Waals surface area contributed by atoms with E-state index in [0.29, 0.717) is 24.5 Å². The summed E-state index contributed by atoms with van der Waals surface area (Å²) < 4.78 is 10.9. The lowest BCUT2D eigenvalue weighted by Gasteiger charge is -2.16. The summed E-state index contributed by atoms with van der Waals surface area (Å²) in [7, 11) is 1.56. The Morgan fingerprint density at radius 2 is 2.10 bits per heavy atom. The summed E-state index contributed by atoms with van der Waals surface area (Å²) in [6.07, 6.45) is 0.597. The molecule has 0 aromatic heterocycles. The number of aliphatic hydroxyl groups excluding tert-OH is 1. The van der Waals surface area contributed by atoms with Gasteiger partial charge in [0.2, 0.25) is 0 Å². The van der Waals surface area contributed by atoms with E-state index in [9.17, 15) is 0 Å². The van der Waals surface area contributed by atoms with Gasteiger partial charge in [0.05, 0.1) is 32.4 Å². The minimum atomic E-state index is -0.224. The average molecular weight is 278 g/mol. The van der Waals surface area contributed by atoms with Crippen molar-refractivity contribution < 1.29 is 14.6 Å². The maximum Gasteiger partial charge on any atom is 0.161 e. The maximum atomic E-state index is 9.07. The Bertz CT molecular complexity index is 455. The minimum Gasteiger partial charge on any atom is -0.493 e. The number of ether oxygens (including phenoxy) is 2. The Morgan fingerprint density at radius 1 is 1.35 bits per heavy atom. The monoisotopic (exact) mass is 278 g/mol. The van der Waals surface area contributed by atoms with Crippen LogP contribution in [0.25, 0.3) is 0 Å². The predicted octanol–water partition coefficient (Wildman–Crippen LogP) is 1.85. The molecular formula is C15H22N2O3. The lowest BCUT2D eigenvalue weighted by atomic mass is 10.2. The van der Waals surface area contributed by atoms with E-state index in [-0.39, 0.29) is 18.7 Å². The smallest absolute Gasteiger partial charge is 0.161 e. The van der Waals surface area contributed by atoms with Crippen LogP contribution < -0.4 is 14.8 Å². The van der Waals surface area contributed by atoms with Crippen molar-refractivity contribution in [3.8, 4) is 17.6 Å². The normalized spacial score (nSPS) is 12.0. The first kappa shape index (κ1) is 16.3. The Morgan fingerprint density at radius 3 is 2.65 bits per heavy atom. The predicted molar refractivity (Wildman–Crippen MR) is 76.7 cm³/mol. The van der Waals surface area contributed by atoms with E-state index in [4.69, 9.17) is 19.8 Å². The molecule has 20 heavy (non-hydrogen) atoms. The van der Waals surface area contributed by atoms with Crippen LogP contribution >= 0.6 is 0 Å². The van der Waals surface area contributed by atoms with Gasteiger partial charge in [-0.25, -0.2) is 0 Å². The molecule has 5 heteroatoms. The van der Waals surface area contributed by atoms with Crippen LogP contribution in [0, 0.1) is 11.3 Å². The van der Waals surface area contributed by atoms with Gasteiger partial charge in [0, 0.05) is 12.5 Å². The first-order chi connectivity index (χ1) is 9.60. The van der Waals surface area contributed by atoms with Crippen molar-refractivity contribution in [3.05, 3.63) is 23.8 Å². The fourth-order valence-electron chi connectivity index (χ4n) is 1.80. The summed E-state index contributed by atoms with van der Waals surface area (Å²) in [4.78, 5) is 0. The van der Waals surface area contributed by atoms with Crippen LogP contribution in [0.4, 0.5) is 0 Å². The quantitative estimate of drug-likeness (QED) is 0.759. The lowest BCUT2D eigenvalue weighted by Crippen LogP contribution is -2.34. The highest BCUT2D eigenvalue weighted by atomic mass is 16.5. The Labute approximate surface area is 120 Å². The van der Waals surface area contributed by atoms with Crippen LogP contribution in [-0.4, -0.2) is 30.9 Å². The highest BCUT2D eigenvalue weighted by molar-refractivity contribution is 5.42. The second-order valence-corrected chi connectivity index (χ2v) is 4.78. The van der Waals surface area contributed by atoms with Crippen molar-refractivity contribution in [1.82, 2.24) is 5.32 Å². The third kappa shape index (κ3) is 5.08. The van der Waals surface area contributed by atoms with Gasteiger partial charge in [-0.15, -0.1) is 0 Å². The fourth-order valence-corrected chi connectivity index (χ4v) is 1.80. The van der Waals surface area contributed by atoms with Crippen molar-refractivity contribution >= 4 is 0 Å². The van der Waals surface area contributed by atoms with Crippen molar-refractivity contribution in [3.63, 3.8) is 0 Å². The Hall–Kier alpha value is -1.77. The van der Waals surface area contributed by atoms with Crippen LogP contribution in [-0.2, 0) is 6.61 Å². The van der Waals surface area contributed by atoms with E-state index >= 15 is 0 Å². The lowest BCUT2D eigenvalue weighted by molar-refractivity contribution is 0.271. The van der Waals surface area contributed by atoms with E-state index in [1.54, 1.807) is 25.3 Å². The van der Waals surface area contributed by atoms with Gasteiger partial charge in [-0.1, -0.05) is 6.07 Å². The van der Waals surface area contributed by atoms with E-state index < -0.39 is 0 Å². The summed E-state index contributed by atoms with van der Waals surface area (Å²) >= 11 is 0. The van der Waals surface area contributed by atoms with Crippen molar-refractivity contribution in [2.75, 3.05) is 13.7 Å². The van der Waals surface area contributed by atoms with Gasteiger partial charge in [0.1, 0.15) is 0 Å². The van der Waals surface area contributed by atoms with Crippen molar-refractivity contribution in [2.24, 2.45) is 0 Å². The second-order valence-electron chi connectivity index (χ2n) is 4.78. The highest BCUT2D eigenvalue weighted by Crippen LogP contribution is 2.28. The number of nitrogens with one attached hydrogen (secondary N) is 1. The van der Waals surface area contributed by atoms with Gasteiger partial charge in [-0.3, -0.25) is 5.32 Å². The largest absolute Gasteiger partial charge is 0.493 e. The van der Waals surface area contributed by atoms with Gasteiger partial charge >= 0.3 is 0 Å². The zero-order chi connectivity index (χ0) is 15.0. The van der Waals surface area contributed by atoms with Crippen molar-refractivity contribution in [1.29, 1.82) is 5.26 Å². The topological polar surface area (TPSA) is 74.5 Å². The number of benzene rings is 1. The molecule has 1 unspecified atom stereocenters. The zero-order valence-corrected chi connectivity index (χ0v) is 12.2. The average Bonchev–Trinajstić information content (AvgIpc) is 2.45.